The molecule has 0 amide bonds. The number of rotatable bonds is 61. The molecule has 0 saturated carbocycles. The first-order valence-electron chi connectivity index (χ1n) is 30.7. The third-order valence-corrected chi connectivity index (χ3v) is 10.7. The Labute approximate surface area is 501 Å². The Bertz CT molecular complexity index is 1140. The maximum atomic E-state index is 10.5. The monoisotopic (exact) mass is 1200 g/mol. The Hall–Kier alpha value is -3.74. The molecule has 0 aromatic rings. The van der Waals surface area contributed by atoms with Gasteiger partial charge in [-0.2, -0.15) is 0 Å². The summed E-state index contributed by atoms with van der Waals surface area (Å²) >= 11 is 0. The van der Waals surface area contributed by atoms with Crippen LogP contribution in [0.25, 0.3) is 0 Å². The molecule has 0 saturated heterocycles. The van der Waals surface area contributed by atoms with Crippen LogP contribution in [0.3, 0.4) is 0 Å². The number of aldehydes is 10. The number of aliphatic hydroxyl groups excluding tert-OH is 2. The molecule has 0 spiro atoms. The van der Waals surface area contributed by atoms with Gasteiger partial charge < -0.3 is 101 Å². The fraction of sp³-hybridized carbons (Fsp3) is 0.839. The number of unbranched alkanes of at least 4 members (excludes halogenated alkanes) is 21. The molecule has 0 aromatic carbocycles. The van der Waals surface area contributed by atoms with Gasteiger partial charge in [0.15, 0.2) is 0 Å². The molecule has 0 atom stereocenters. The van der Waals surface area contributed by atoms with Crippen molar-refractivity contribution >= 4 is 62.9 Å². The molecule has 0 radical (unpaired) electrons. The molecular formula is C62H119NO20. The lowest BCUT2D eigenvalue weighted by Crippen LogP contribution is -2.27. The van der Waals surface area contributed by atoms with Crippen molar-refractivity contribution in [3.8, 4) is 0 Å². The van der Waals surface area contributed by atoms with Gasteiger partial charge in [0.2, 0.25) is 0 Å². The smallest absolute Gasteiger partial charge is 0.121 e. The number of hydrogen-bond donors (Lipinski definition) is 2. The van der Waals surface area contributed by atoms with Crippen molar-refractivity contribution in [2.75, 3.05) is 139 Å². The van der Waals surface area contributed by atoms with E-state index in [0.29, 0.717) is 157 Å². The predicted molar refractivity (Wildman–Crippen MR) is 324 cm³/mol. The molecule has 2 N–H and O–H groups in total. The van der Waals surface area contributed by atoms with Crippen LogP contribution in [-0.4, -0.2) is 217 Å². The molecule has 21 heteroatoms. The molecule has 0 aromatic heterocycles. The van der Waals surface area contributed by atoms with Gasteiger partial charge in [0, 0.05) is 77.7 Å². The quantitative estimate of drug-likeness (QED) is 0.0427. The van der Waals surface area contributed by atoms with E-state index in [2.05, 4.69) is 11.8 Å². The number of nitrogens with zero attached hydrogens (tertiary/aromatic N) is 1. The Morgan fingerprint density at radius 1 is 0.253 bits per heavy atom. The summed E-state index contributed by atoms with van der Waals surface area (Å²) in [5, 5.41) is 16.9. The highest BCUT2D eigenvalue weighted by molar-refractivity contribution is 5.59. The van der Waals surface area contributed by atoms with E-state index in [1.165, 1.54) is 129 Å². The molecule has 0 aliphatic carbocycles. The van der Waals surface area contributed by atoms with E-state index in [4.69, 9.17) is 57.7 Å². The standard InChI is InChI=1S/C26H51NO2.2C12H24O6.2C4H6O2.2C2H4O/c1-2-3-4-5-6-7-8-9-10-11-12-13-14-15-16-17-18-19-22-27(23-20-25-28)24-21-26-29;2*13-3-1-2-5-15-7-9-17-11-12-18-10-8-16-6-4-14;2*5-3-1-2-4-6;2*1-2-3/h25-26H,2-24H2,1H3;2*3,14H,1-2,4-12H2;2*3-4H,1-2H2;2*2H,1H3. The Morgan fingerprint density at radius 3 is 0.675 bits per heavy atom. The van der Waals surface area contributed by atoms with Crippen LogP contribution in [0.5, 0.6) is 0 Å². The van der Waals surface area contributed by atoms with Gasteiger partial charge in [0.25, 0.3) is 0 Å². The lowest BCUT2D eigenvalue weighted by Gasteiger charge is -2.20. The number of carbonyl (C=O) groups excluding carboxylic acids is 10. The molecule has 0 heterocycles. The second kappa shape index (κ2) is 106. The maximum absolute atomic E-state index is 10.5. The predicted octanol–water partition coefficient (Wildman–Crippen LogP) is 8.30. The van der Waals surface area contributed by atoms with Crippen LogP contribution in [-0.2, 0) is 85.8 Å². The number of hydrogen-bond acceptors (Lipinski definition) is 21. The summed E-state index contributed by atoms with van der Waals surface area (Å²) in [6.07, 6.45) is 38.6. The van der Waals surface area contributed by atoms with Crippen molar-refractivity contribution in [1.82, 2.24) is 4.90 Å². The van der Waals surface area contributed by atoms with Crippen LogP contribution in [0, 0.1) is 0 Å². The summed E-state index contributed by atoms with van der Waals surface area (Å²) in [6, 6.07) is 0. The van der Waals surface area contributed by atoms with Crippen LogP contribution < -0.4 is 0 Å². The second-order valence-electron chi connectivity index (χ2n) is 18.0. The number of ether oxygens (including phenoxy) is 8. The first kappa shape index (κ1) is 93.0. The highest BCUT2D eigenvalue weighted by Gasteiger charge is 2.04. The summed E-state index contributed by atoms with van der Waals surface area (Å²) in [4.78, 5) is 98.6. The third-order valence-electron chi connectivity index (χ3n) is 10.7. The molecule has 0 rings (SSSR count). The van der Waals surface area contributed by atoms with E-state index in [-0.39, 0.29) is 13.2 Å². The van der Waals surface area contributed by atoms with Gasteiger partial charge in [0.1, 0.15) is 62.9 Å². The molecule has 0 aliphatic heterocycles. The zero-order valence-corrected chi connectivity index (χ0v) is 52.1. The molecular weight excluding hydrogens is 1080 g/mol. The highest BCUT2D eigenvalue weighted by atomic mass is 16.6. The Balaban J connectivity index is -0.000000186. The minimum absolute atomic E-state index is 0.0377. The third kappa shape index (κ3) is 125. The van der Waals surface area contributed by atoms with E-state index < -0.39 is 0 Å². The minimum atomic E-state index is 0.0377. The summed E-state index contributed by atoms with van der Waals surface area (Å²) < 4.78 is 41.5. The molecule has 0 bridgehead atoms. The van der Waals surface area contributed by atoms with Crippen LogP contribution in [0.4, 0.5) is 0 Å². The summed E-state index contributed by atoms with van der Waals surface area (Å²) in [5.74, 6) is 0. The molecule has 0 unspecified atom stereocenters. The van der Waals surface area contributed by atoms with Crippen LogP contribution >= 0.6 is 0 Å². The molecule has 0 aliphatic rings. The van der Waals surface area contributed by atoms with Crippen molar-refractivity contribution < 1.29 is 96.1 Å². The van der Waals surface area contributed by atoms with Gasteiger partial charge >= 0.3 is 0 Å². The minimum Gasteiger partial charge on any atom is -0.394 e. The lowest BCUT2D eigenvalue weighted by atomic mass is 10.0. The van der Waals surface area contributed by atoms with Crippen molar-refractivity contribution in [3.05, 3.63) is 0 Å². The molecule has 492 valence electrons. The van der Waals surface area contributed by atoms with E-state index in [0.717, 1.165) is 95.3 Å². The van der Waals surface area contributed by atoms with Crippen molar-refractivity contribution in [2.24, 2.45) is 0 Å². The topological polar surface area (TPSA) is 288 Å². The van der Waals surface area contributed by atoms with Gasteiger partial charge in [-0.3, -0.25) is 0 Å². The largest absolute Gasteiger partial charge is 0.394 e. The zero-order valence-electron chi connectivity index (χ0n) is 52.1. The van der Waals surface area contributed by atoms with Gasteiger partial charge in [-0.1, -0.05) is 116 Å². The van der Waals surface area contributed by atoms with Crippen LogP contribution in [0.1, 0.15) is 201 Å². The Morgan fingerprint density at radius 2 is 0.458 bits per heavy atom. The highest BCUT2D eigenvalue weighted by Crippen LogP contribution is 2.14. The van der Waals surface area contributed by atoms with E-state index in [1.807, 2.05) is 0 Å². The van der Waals surface area contributed by atoms with Gasteiger partial charge in [-0.05, 0) is 39.7 Å². The molecule has 0 fully saturated rings. The van der Waals surface area contributed by atoms with Crippen LogP contribution in [0.15, 0.2) is 0 Å². The van der Waals surface area contributed by atoms with Crippen molar-refractivity contribution in [3.63, 3.8) is 0 Å². The fourth-order valence-electron chi connectivity index (χ4n) is 6.51. The summed E-state index contributed by atoms with van der Waals surface area (Å²) in [7, 11) is 0. The van der Waals surface area contributed by atoms with Crippen molar-refractivity contribution in [1.29, 1.82) is 0 Å². The maximum Gasteiger partial charge on any atom is 0.121 e. The number of carbonyl (C=O) groups is 10. The Kier molecular flexibility index (Phi) is 119. The lowest BCUT2D eigenvalue weighted by molar-refractivity contribution is -0.112. The van der Waals surface area contributed by atoms with Gasteiger partial charge in [-0.25, -0.2) is 0 Å². The molecule has 21 nitrogen and oxygen atoms in total. The van der Waals surface area contributed by atoms with Gasteiger partial charge in [0.05, 0.1) is 106 Å². The first-order valence-corrected chi connectivity index (χ1v) is 30.7. The van der Waals surface area contributed by atoms with Crippen LogP contribution in [0.2, 0.25) is 0 Å². The number of aliphatic hydroxyl groups is 2. The first-order chi connectivity index (χ1) is 40.8. The summed E-state index contributed by atoms with van der Waals surface area (Å²) in [6.45, 7) is 16.0. The average molecular weight is 1200 g/mol. The normalized spacial score (nSPS) is 9.95. The van der Waals surface area contributed by atoms with E-state index >= 15 is 0 Å². The van der Waals surface area contributed by atoms with E-state index in [1.54, 1.807) is 0 Å². The SMILES string of the molecule is CC=O.CC=O.CCCCCCCCCCCCCCCCCCCCN(CCC=O)CCC=O.O=CCCC=O.O=CCCC=O.O=CCCCOCCOCCOCCOCCO.O=CCCCOCCOCCOCCOCCO. The second-order valence-corrected chi connectivity index (χ2v) is 18.0. The summed E-state index contributed by atoms with van der Waals surface area (Å²) in [5.41, 5.74) is 0. The fourth-order valence-corrected chi connectivity index (χ4v) is 6.51. The van der Waals surface area contributed by atoms with E-state index in [9.17, 15) is 38.4 Å². The van der Waals surface area contributed by atoms with Crippen molar-refractivity contribution in [2.45, 2.75) is 201 Å². The van der Waals surface area contributed by atoms with Gasteiger partial charge in [-0.15, -0.1) is 0 Å². The zero-order chi connectivity index (χ0) is 63.0. The molecule has 83 heavy (non-hydrogen) atoms. The average Bonchev–Trinajstić information content (AvgIpc) is 3.49.